The topological polar surface area (TPSA) is 119 Å². The van der Waals surface area contributed by atoms with Crippen LogP contribution in [0.4, 0.5) is 4.79 Å². The highest BCUT2D eigenvalue weighted by Gasteiger charge is 2.65. The number of hydrogen-bond acceptors (Lipinski definition) is 9. The van der Waals surface area contributed by atoms with Crippen molar-refractivity contribution in [2.75, 3.05) is 40.6 Å². The van der Waals surface area contributed by atoms with Crippen LogP contribution in [0.15, 0.2) is 90.1 Å². The maximum absolute atomic E-state index is 13.3. The summed E-state index contributed by atoms with van der Waals surface area (Å²) in [5.41, 5.74) is 2.72. The summed E-state index contributed by atoms with van der Waals surface area (Å²) in [5, 5.41) is 26.5. The van der Waals surface area contributed by atoms with E-state index in [1.165, 1.54) is 7.11 Å². The molecule has 0 spiro atoms. The highest BCUT2D eigenvalue weighted by molar-refractivity contribution is 6.03. The minimum absolute atomic E-state index is 0.111. The van der Waals surface area contributed by atoms with Gasteiger partial charge in [0, 0.05) is 38.2 Å². The molecule has 52 heavy (non-hydrogen) atoms. The lowest BCUT2D eigenvalue weighted by Gasteiger charge is -2.59. The third kappa shape index (κ3) is 7.42. The lowest BCUT2D eigenvalue weighted by atomic mass is 9.55. The van der Waals surface area contributed by atoms with Gasteiger partial charge in [-0.05, 0) is 91.1 Å². The molecule has 3 aliphatic rings. The molecule has 278 valence electrons. The van der Waals surface area contributed by atoms with Gasteiger partial charge in [-0.1, -0.05) is 60.5 Å². The van der Waals surface area contributed by atoms with E-state index in [1.54, 1.807) is 18.0 Å². The van der Waals surface area contributed by atoms with Gasteiger partial charge < -0.3 is 38.9 Å². The number of oxime groups is 1. The van der Waals surface area contributed by atoms with Crippen LogP contribution in [-0.4, -0.2) is 79.3 Å². The Hall–Kier alpha value is -4.38. The molecule has 0 saturated heterocycles. The van der Waals surface area contributed by atoms with E-state index < -0.39 is 23.8 Å². The van der Waals surface area contributed by atoms with Crippen molar-refractivity contribution >= 4 is 22.6 Å². The number of carbonyl (C=O) groups excluding carboxylic acids is 1. The summed E-state index contributed by atoms with van der Waals surface area (Å²) in [5.74, 6) is 0.456. The first-order chi connectivity index (χ1) is 25.4. The predicted molar refractivity (Wildman–Crippen MR) is 201 cm³/mol. The molecule has 2 N–H and O–H groups in total. The van der Waals surface area contributed by atoms with E-state index in [4.69, 9.17) is 23.8 Å². The van der Waals surface area contributed by atoms with Gasteiger partial charge in [-0.2, -0.15) is 0 Å². The zero-order valence-corrected chi connectivity index (χ0v) is 30.5. The molecule has 0 radical (unpaired) electrons. The normalized spacial score (nSPS) is 25.4. The fourth-order valence-electron chi connectivity index (χ4n) is 8.57. The smallest absolute Gasteiger partial charge is 0.409 e. The van der Waals surface area contributed by atoms with Crippen molar-refractivity contribution in [2.45, 2.75) is 69.6 Å². The first-order valence-corrected chi connectivity index (χ1v) is 18.6. The second kappa shape index (κ2) is 17.0. The average Bonchev–Trinajstić information content (AvgIpc) is 3.17. The number of amides is 1. The Bertz CT molecular complexity index is 1770. The minimum Gasteiger partial charge on any atom is -0.459 e. The summed E-state index contributed by atoms with van der Waals surface area (Å²) in [6, 6.07) is 19.6. The van der Waals surface area contributed by atoms with Crippen molar-refractivity contribution in [3.05, 3.63) is 90.5 Å². The molecular weight excluding hydrogens is 660 g/mol. The summed E-state index contributed by atoms with van der Waals surface area (Å²) in [6.07, 6.45) is 8.62. The molecule has 1 aliphatic heterocycles. The number of ether oxygens (including phenoxy) is 4. The molecule has 1 saturated carbocycles. The molecule has 6 rings (SSSR count). The van der Waals surface area contributed by atoms with Gasteiger partial charge in [-0.25, -0.2) is 4.79 Å². The van der Waals surface area contributed by atoms with Gasteiger partial charge in [0.2, 0.25) is 5.79 Å². The Morgan fingerprint density at radius 1 is 1.02 bits per heavy atom. The minimum atomic E-state index is -1.32. The largest absolute Gasteiger partial charge is 0.459 e. The fourth-order valence-corrected chi connectivity index (χ4v) is 8.57. The highest BCUT2D eigenvalue weighted by atomic mass is 16.7. The summed E-state index contributed by atoms with van der Waals surface area (Å²) >= 11 is 0. The Balaban J connectivity index is 1.55. The maximum atomic E-state index is 13.3. The zero-order chi connectivity index (χ0) is 36.7. The van der Waals surface area contributed by atoms with Gasteiger partial charge in [-0.15, -0.1) is 6.58 Å². The quantitative estimate of drug-likeness (QED) is 0.0872. The standard InChI is InChI=1S/C42H52N2O8/c1-5-23-49-42-38(44(3)41(47)48-4)27-36(43-50-6-2)34-25-30(15-9-11-21-45)33(16-10-12-22-46)39(40(34)42)35-26-32(19-20-37(35)52-42)51-31-18-17-28-13-7-8-14-29(28)24-31/h5,7-8,13-14,17-20,24-26,30,33,38-40,45-46H,1,6,9-12,15-16,21-23,27H2,2-4H3. The van der Waals surface area contributed by atoms with Gasteiger partial charge >= 0.3 is 6.09 Å². The van der Waals surface area contributed by atoms with Crippen LogP contribution in [0, 0.1) is 17.8 Å². The van der Waals surface area contributed by atoms with E-state index in [1.807, 2.05) is 43.3 Å². The van der Waals surface area contributed by atoms with Crippen molar-refractivity contribution in [1.82, 2.24) is 4.90 Å². The Morgan fingerprint density at radius 3 is 2.48 bits per heavy atom. The number of allylic oxidation sites excluding steroid dienone is 1. The van der Waals surface area contributed by atoms with Crippen LogP contribution < -0.4 is 9.47 Å². The van der Waals surface area contributed by atoms with Gasteiger partial charge in [0.25, 0.3) is 0 Å². The number of unbranched alkanes of at least 4 members (excludes halogenated alkanes) is 2. The Labute approximate surface area is 306 Å². The van der Waals surface area contributed by atoms with Crippen LogP contribution in [0.5, 0.6) is 17.2 Å². The van der Waals surface area contributed by atoms with Crippen molar-refractivity contribution in [1.29, 1.82) is 0 Å². The van der Waals surface area contributed by atoms with Gasteiger partial charge in [-0.3, -0.25) is 0 Å². The van der Waals surface area contributed by atoms with Crippen molar-refractivity contribution in [3.63, 3.8) is 0 Å². The highest BCUT2D eigenvalue weighted by Crippen LogP contribution is 2.62. The number of rotatable bonds is 16. The molecule has 6 atom stereocenters. The van der Waals surface area contributed by atoms with E-state index in [0.29, 0.717) is 37.4 Å². The van der Waals surface area contributed by atoms with Gasteiger partial charge in [0.05, 0.1) is 25.3 Å². The molecule has 0 bridgehead atoms. The Morgan fingerprint density at radius 2 is 1.75 bits per heavy atom. The predicted octanol–water partition coefficient (Wildman–Crippen LogP) is 7.98. The second-order valence-electron chi connectivity index (χ2n) is 13.9. The summed E-state index contributed by atoms with van der Waals surface area (Å²) < 4.78 is 25.8. The first kappa shape index (κ1) is 37.4. The van der Waals surface area contributed by atoms with Gasteiger partial charge in [0.15, 0.2) is 0 Å². The van der Waals surface area contributed by atoms with E-state index in [-0.39, 0.29) is 37.6 Å². The first-order valence-electron chi connectivity index (χ1n) is 18.6. The second-order valence-corrected chi connectivity index (χ2v) is 13.9. The molecule has 3 aromatic rings. The number of methoxy groups -OCH3 is 1. The van der Waals surface area contributed by atoms with Crippen molar-refractivity contribution in [2.24, 2.45) is 22.9 Å². The van der Waals surface area contributed by atoms with E-state index in [9.17, 15) is 15.0 Å². The molecule has 10 nitrogen and oxygen atoms in total. The molecule has 1 fully saturated rings. The number of aliphatic hydroxyl groups is 2. The molecule has 1 heterocycles. The van der Waals surface area contributed by atoms with E-state index in [0.717, 1.165) is 59.1 Å². The summed E-state index contributed by atoms with van der Waals surface area (Å²) in [6.45, 7) is 6.68. The molecule has 2 aliphatic carbocycles. The van der Waals surface area contributed by atoms with Crippen LogP contribution in [0.25, 0.3) is 10.8 Å². The Kier molecular flexibility index (Phi) is 12.2. The van der Waals surface area contributed by atoms with Crippen LogP contribution in [0.2, 0.25) is 0 Å². The summed E-state index contributed by atoms with van der Waals surface area (Å²) in [7, 11) is 3.07. The molecule has 3 aromatic carbocycles. The van der Waals surface area contributed by atoms with E-state index in [2.05, 4.69) is 42.1 Å². The third-order valence-corrected chi connectivity index (χ3v) is 10.8. The average molecular weight is 713 g/mol. The maximum Gasteiger partial charge on any atom is 0.409 e. The zero-order valence-electron chi connectivity index (χ0n) is 30.5. The fraction of sp³-hybridized carbons (Fsp3) is 0.476. The lowest BCUT2D eigenvalue weighted by Crippen LogP contribution is -2.69. The van der Waals surface area contributed by atoms with Crippen molar-refractivity contribution < 1.29 is 38.8 Å². The number of aliphatic hydroxyl groups excluding tert-OH is 2. The number of nitrogens with zero attached hydrogens (tertiary/aromatic N) is 2. The van der Waals surface area contributed by atoms with Crippen LogP contribution in [0.3, 0.4) is 0 Å². The number of benzene rings is 3. The molecular formula is C42H52N2O8. The number of hydrogen-bond donors (Lipinski definition) is 2. The molecule has 0 aromatic heterocycles. The summed E-state index contributed by atoms with van der Waals surface area (Å²) in [4.78, 5) is 20.6. The van der Waals surface area contributed by atoms with Gasteiger partial charge in [0.1, 0.15) is 29.9 Å². The lowest BCUT2D eigenvalue weighted by molar-refractivity contribution is -0.253. The molecule has 10 heteroatoms. The number of likely N-dealkylation sites (N-methyl/N-ethyl adjacent to an activating group) is 1. The number of carbonyl (C=O) groups is 1. The van der Waals surface area contributed by atoms with Crippen LogP contribution in [-0.2, 0) is 14.3 Å². The molecule has 1 amide bonds. The monoisotopic (exact) mass is 712 g/mol. The SMILES string of the molecule is C=CCOC12Oc3ccc(Oc4ccc5ccccc5c4)cc3C3C(CCCCO)C(CCCCO)C=C(C(=NOCC)CC1N(C)C(=O)OC)C32. The third-order valence-electron chi connectivity index (χ3n) is 10.8. The van der Waals surface area contributed by atoms with Crippen LogP contribution in [0.1, 0.15) is 63.4 Å². The molecule has 6 unspecified atom stereocenters. The van der Waals surface area contributed by atoms with E-state index >= 15 is 0 Å². The van der Waals surface area contributed by atoms with Crippen molar-refractivity contribution in [3.8, 4) is 17.2 Å². The van der Waals surface area contributed by atoms with Crippen LogP contribution >= 0.6 is 0 Å². The number of fused-ring (bicyclic) bond motifs is 3.